The zero-order valence-corrected chi connectivity index (χ0v) is 13.5. The smallest absolute Gasteiger partial charge is 0.270 e. The third kappa shape index (κ3) is 2.82. The molecule has 3 heterocycles. The number of carbonyl (C=O) groups excluding carboxylic acids is 1. The van der Waals surface area contributed by atoms with Gasteiger partial charge in [0, 0.05) is 26.2 Å². The molecule has 2 fully saturated rings. The molecule has 2 saturated heterocycles. The summed E-state index contributed by atoms with van der Waals surface area (Å²) in [6, 6.07) is 4.91. The summed E-state index contributed by atoms with van der Waals surface area (Å²) in [5.41, 5.74) is 0.656. The normalized spacial score (nSPS) is 22.0. The molecular weight excluding hydrogens is 278 g/mol. The molecule has 0 atom stereocenters. The second kappa shape index (κ2) is 5.88. The number of likely N-dealkylation sites (tertiary alicyclic amines) is 2. The fraction of sp³-hybridized carbons (Fsp3) is 0.647. The third-order valence-corrected chi connectivity index (χ3v) is 5.40. The van der Waals surface area contributed by atoms with E-state index in [1.165, 1.54) is 29.9 Å². The van der Waals surface area contributed by atoms with Crippen molar-refractivity contribution in [2.75, 3.05) is 33.2 Å². The number of pyridine rings is 1. The highest BCUT2D eigenvalue weighted by Crippen LogP contribution is 2.39. The molecule has 1 aromatic rings. The van der Waals surface area contributed by atoms with Crippen molar-refractivity contribution in [1.82, 2.24) is 14.4 Å². The minimum atomic E-state index is -0.128. The second-order valence-corrected chi connectivity index (χ2v) is 6.94. The topological polar surface area (TPSA) is 45.6 Å². The van der Waals surface area contributed by atoms with Gasteiger partial charge in [-0.1, -0.05) is 6.07 Å². The largest absolute Gasteiger partial charge is 0.337 e. The standard InChI is InChI=1S/C17H25N3O2/c1-18-11-8-17(9-12-18)7-4-10-20(13-17)16(22)14-5-3-6-15(21)19(14)2/h3,5-6H,4,7-13H2,1-2H3. The summed E-state index contributed by atoms with van der Waals surface area (Å²) < 4.78 is 1.46. The lowest BCUT2D eigenvalue weighted by Gasteiger charge is -2.47. The number of rotatable bonds is 1. The van der Waals surface area contributed by atoms with E-state index in [4.69, 9.17) is 0 Å². The maximum absolute atomic E-state index is 12.8. The summed E-state index contributed by atoms with van der Waals surface area (Å²) in [7, 11) is 3.84. The van der Waals surface area contributed by atoms with Crippen LogP contribution in [0.1, 0.15) is 36.2 Å². The quantitative estimate of drug-likeness (QED) is 0.786. The summed E-state index contributed by atoms with van der Waals surface area (Å²) in [6.45, 7) is 3.87. The Morgan fingerprint density at radius 1 is 1.09 bits per heavy atom. The molecule has 3 rings (SSSR count). The first kappa shape index (κ1) is 15.3. The van der Waals surface area contributed by atoms with Crippen LogP contribution < -0.4 is 5.56 Å². The summed E-state index contributed by atoms with van der Waals surface area (Å²) in [6.07, 6.45) is 4.62. The van der Waals surface area contributed by atoms with Gasteiger partial charge in [0.15, 0.2) is 0 Å². The van der Waals surface area contributed by atoms with E-state index in [0.717, 1.165) is 32.6 Å². The number of hydrogen-bond acceptors (Lipinski definition) is 3. The van der Waals surface area contributed by atoms with Crippen LogP contribution >= 0.6 is 0 Å². The number of nitrogens with zero attached hydrogens (tertiary/aromatic N) is 3. The molecule has 0 radical (unpaired) electrons. The predicted octanol–water partition coefficient (Wildman–Crippen LogP) is 1.33. The number of piperidine rings is 2. The first-order chi connectivity index (χ1) is 10.5. The second-order valence-electron chi connectivity index (χ2n) is 6.94. The van der Waals surface area contributed by atoms with Gasteiger partial charge in [0.1, 0.15) is 5.69 Å². The Labute approximate surface area is 131 Å². The van der Waals surface area contributed by atoms with Crippen molar-refractivity contribution in [2.45, 2.75) is 25.7 Å². The van der Waals surface area contributed by atoms with Gasteiger partial charge in [0.25, 0.3) is 11.5 Å². The highest BCUT2D eigenvalue weighted by molar-refractivity contribution is 5.92. The fourth-order valence-corrected chi connectivity index (χ4v) is 3.82. The number of amides is 1. The first-order valence-electron chi connectivity index (χ1n) is 8.15. The van der Waals surface area contributed by atoms with Crippen LogP contribution in [0.4, 0.5) is 0 Å². The molecule has 2 aliphatic rings. The molecule has 1 spiro atoms. The Morgan fingerprint density at radius 2 is 1.82 bits per heavy atom. The lowest BCUT2D eigenvalue weighted by molar-refractivity contribution is 0.0254. The van der Waals surface area contributed by atoms with Crippen LogP contribution in [0.15, 0.2) is 23.0 Å². The SMILES string of the molecule is CN1CCC2(CCCN(C(=O)c3cccc(=O)n3C)C2)CC1. The number of aromatic nitrogens is 1. The molecule has 0 aromatic carbocycles. The first-order valence-corrected chi connectivity index (χ1v) is 8.15. The molecule has 0 bridgehead atoms. The van der Waals surface area contributed by atoms with E-state index >= 15 is 0 Å². The molecule has 5 nitrogen and oxygen atoms in total. The maximum atomic E-state index is 12.8. The van der Waals surface area contributed by atoms with Gasteiger partial charge in [0.05, 0.1) is 0 Å². The number of carbonyl (C=O) groups is 1. The van der Waals surface area contributed by atoms with Crippen LogP contribution in [-0.2, 0) is 7.05 Å². The summed E-state index contributed by atoms with van der Waals surface area (Å²) in [5, 5.41) is 0. The van der Waals surface area contributed by atoms with Gasteiger partial charge in [-0.05, 0) is 57.3 Å². The molecule has 0 saturated carbocycles. The van der Waals surface area contributed by atoms with Crippen LogP contribution in [0.5, 0.6) is 0 Å². The molecule has 1 aromatic heterocycles. The minimum Gasteiger partial charge on any atom is -0.337 e. The van der Waals surface area contributed by atoms with Crippen LogP contribution in [0.3, 0.4) is 0 Å². The van der Waals surface area contributed by atoms with Crippen molar-refractivity contribution in [3.05, 3.63) is 34.2 Å². The van der Waals surface area contributed by atoms with Crippen LogP contribution in [0, 0.1) is 5.41 Å². The molecule has 1 amide bonds. The highest BCUT2D eigenvalue weighted by atomic mass is 16.2. The average Bonchev–Trinajstić information content (AvgIpc) is 2.53. The summed E-state index contributed by atoms with van der Waals surface area (Å²) in [5.74, 6) is -0.00166. The molecule has 0 unspecified atom stereocenters. The van der Waals surface area contributed by atoms with E-state index < -0.39 is 0 Å². The van der Waals surface area contributed by atoms with Gasteiger partial charge in [0.2, 0.25) is 0 Å². The summed E-state index contributed by atoms with van der Waals surface area (Å²) >= 11 is 0. The predicted molar refractivity (Wildman–Crippen MR) is 86.0 cm³/mol. The van der Waals surface area contributed by atoms with Gasteiger partial charge >= 0.3 is 0 Å². The zero-order valence-electron chi connectivity index (χ0n) is 13.5. The highest BCUT2D eigenvalue weighted by Gasteiger charge is 2.39. The Balaban J connectivity index is 1.78. The molecule has 22 heavy (non-hydrogen) atoms. The minimum absolute atomic E-state index is 0.00166. The van der Waals surface area contributed by atoms with E-state index in [1.54, 1.807) is 19.2 Å². The molecule has 2 aliphatic heterocycles. The van der Waals surface area contributed by atoms with Crippen molar-refractivity contribution < 1.29 is 4.79 Å². The van der Waals surface area contributed by atoms with Crippen molar-refractivity contribution in [1.29, 1.82) is 0 Å². The molecular formula is C17H25N3O2. The van der Waals surface area contributed by atoms with Crippen molar-refractivity contribution in [2.24, 2.45) is 12.5 Å². The van der Waals surface area contributed by atoms with Gasteiger partial charge < -0.3 is 14.4 Å². The summed E-state index contributed by atoms with van der Waals surface area (Å²) in [4.78, 5) is 28.9. The molecule has 120 valence electrons. The lowest BCUT2D eigenvalue weighted by Crippen LogP contribution is -2.51. The Bertz CT molecular complexity index is 615. The maximum Gasteiger partial charge on any atom is 0.270 e. The molecule has 0 N–H and O–H groups in total. The molecule has 5 heteroatoms. The molecule has 0 aliphatic carbocycles. The Kier molecular flexibility index (Phi) is 4.08. The van der Waals surface area contributed by atoms with Crippen LogP contribution in [0.25, 0.3) is 0 Å². The van der Waals surface area contributed by atoms with Crippen molar-refractivity contribution >= 4 is 5.91 Å². The Hall–Kier alpha value is -1.62. The van der Waals surface area contributed by atoms with E-state index in [1.807, 2.05) is 4.90 Å². The Morgan fingerprint density at radius 3 is 2.55 bits per heavy atom. The van der Waals surface area contributed by atoms with Gasteiger partial charge in [-0.3, -0.25) is 9.59 Å². The zero-order chi connectivity index (χ0) is 15.7. The van der Waals surface area contributed by atoms with Crippen LogP contribution in [-0.4, -0.2) is 53.5 Å². The van der Waals surface area contributed by atoms with E-state index in [0.29, 0.717) is 5.69 Å². The van der Waals surface area contributed by atoms with Gasteiger partial charge in [-0.2, -0.15) is 0 Å². The van der Waals surface area contributed by atoms with Gasteiger partial charge in [-0.25, -0.2) is 0 Å². The number of hydrogen-bond donors (Lipinski definition) is 0. The third-order valence-electron chi connectivity index (χ3n) is 5.40. The van der Waals surface area contributed by atoms with E-state index in [2.05, 4.69) is 11.9 Å². The van der Waals surface area contributed by atoms with E-state index in [9.17, 15) is 9.59 Å². The fourth-order valence-electron chi connectivity index (χ4n) is 3.82. The van der Waals surface area contributed by atoms with Crippen LogP contribution in [0.2, 0.25) is 0 Å². The van der Waals surface area contributed by atoms with Crippen molar-refractivity contribution in [3.63, 3.8) is 0 Å². The monoisotopic (exact) mass is 303 g/mol. The van der Waals surface area contributed by atoms with Crippen molar-refractivity contribution in [3.8, 4) is 0 Å². The average molecular weight is 303 g/mol. The lowest BCUT2D eigenvalue weighted by atomic mass is 9.72. The van der Waals surface area contributed by atoms with Gasteiger partial charge in [-0.15, -0.1) is 0 Å². The van der Waals surface area contributed by atoms with E-state index in [-0.39, 0.29) is 16.9 Å².